The highest BCUT2D eigenvalue weighted by atomic mass is 16.5. The molecular formula is C23H33N3O2. The van der Waals surface area contributed by atoms with Crippen LogP contribution in [0.4, 0.5) is 0 Å². The topological polar surface area (TPSA) is 47.4 Å². The zero-order valence-corrected chi connectivity index (χ0v) is 17.6. The van der Waals surface area contributed by atoms with Crippen LogP contribution in [0, 0.1) is 12.3 Å². The number of hydrogen-bond acceptors (Lipinski definition) is 4. The minimum atomic E-state index is -0.478. The molecule has 3 rings (SSSR count). The molecule has 1 aliphatic heterocycles. The van der Waals surface area contributed by atoms with Crippen molar-refractivity contribution in [1.82, 2.24) is 14.7 Å². The summed E-state index contributed by atoms with van der Waals surface area (Å²) in [5.41, 5.74) is 3.20. The number of rotatable bonds is 7. The first-order chi connectivity index (χ1) is 13.4. The standard InChI is InChI=1S/C23H33N3O2/c1-5-28-22(27)23(13-21-10-7-6-9-19(21)4)11-8-12-25(17-23)15-20-14-24-26(16-20)18(2)3/h6-7,9-10,14,16,18H,5,8,11-13,15,17H2,1-4H3. The summed E-state index contributed by atoms with van der Waals surface area (Å²) in [4.78, 5) is 15.5. The highest BCUT2D eigenvalue weighted by Gasteiger charge is 2.43. The average Bonchev–Trinajstić information content (AvgIpc) is 3.13. The molecule has 0 N–H and O–H groups in total. The largest absolute Gasteiger partial charge is 0.466 e. The van der Waals surface area contributed by atoms with E-state index >= 15 is 0 Å². The Balaban J connectivity index is 1.80. The first-order valence-electron chi connectivity index (χ1n) is 10.4. The number of hydrogen-bond donors (Lipinski definition) is 0. The monoisotopic (exact) mass is 383 g/mol. The number of carbonyl (C=O) groups is 1. The van der Waals surface area contributed by atoms with E-state index in [1.165, 1.54) is 16.7 Å². The molecule has 5 nitrogen and oxygen atoms in total. The molecule has 5 heteroatoms. The van der Waals surface area contributed by atoms with E-state index in [1.54, 1.807) is 0 Å². The van der Waals surface area contributed by atoms with Gasteiger partial charge in [-0.3, -0.25) is 14.4 Å². The summed E-state index contributed by atoms with van der Waals surface area (Å²) < 4.78 is 7.54. The van der Waals surface area contributed by atoms with Gasteiger partial charge in [-0.1, -0.05) is 24.3 Å². The number of benzene rings is 1. The Hall–Kier alpha value is -2.14. The second kappa shape index (κ2) is 8.91. The van der Waals surface area contributed by atoms with Crippen molar-refractivity contribution in [2.75, 3.05) is 19.7 Å². The molecule has 0 spiro atoms. The van der Waals surface area contributed by atoms with Gasteiger partial charge in [0.1, 0.15) is 0 Å². The molecule has 0 saturated carbocycles. The predicted molar refractivity (Wildman–Crippen MR) is 111 cm³/mol. The van der Waals surface area contributed by atoms with E-state index in [4.69, 9.17) is 4.74 Å². The van der Waals surface area contributed by atoms with Crippen molar-refractivity contribution in [3.05, 3.63) is 53.3 Å². The minimum Gasteiger partial charge on any atom is -0.466 e. The number of piperidine rings is 1. The molecule has 2 aromatic rings. The third kappa shape index (κ3) is 4.64. The maximum Gasteiger partial charge on any atom is 0.313 e. The molecule has 0 radical (unpaired) electrons. The molecule has 0 bridgehead atoms. The van der Waals surface area contributed by atoms with Crippen LogP contribution >= 0.6 is 0 Å². The number of aryl methyl sites for hydroxylation is 1. The molecule has 0 aliphatic carbocycles. The quantitative estimate of drug-likeness (QED) is 0.674. The Morgan fingerprint density at radius 3 is 2.79 bits per heavy atom. The van der Waals surface area contributed by atoms with Gasteiger partial charge in [0.25, 0.3) is 0 Å². The van der Waals surface area contributed by atoms with E-state index in [2.05, 4.69) is 61.2 Å². The SMILES string of the molecule is CCOC(=O)C1(Cc2ccccc2C)CCCN(Cc2cnn(C(C)C)c2)C1. The normalized spacial score (nSPS) is 20.5. The van der Waals surface area contributed by atoms with Gasteiger partial charge in [0.05, 0.1) is 18.2 Å². The van der Waals surface area contributed by atoms with Gasteiger partial charge in [-0.15, -0.1) is 0 Å². The van der Waals surface area contributed by atoms with E-state index < -0.39 is 5.41 Å². The van der Waals surface area contributed by atoms with Crippen LogP contribution in [0.25, 0.3) is 0 Å². The summed E-state index contributed by atoms with van der Waals surface area (Å²) in [6.45, 7) is 11.2. The summed E-state index contributed by atoms with van der Waals surface area (Å²) in [7, 11) is 0. The van der Waals surface area contributed by atoms with Crippen molar-refractivity contribution >= 4 is 5.97 Å². The summed E-state index contributed by atoms with van der Waals surface area (Å²) in [6, 6.07) is 8.73. The zero-order chi connectivity index (χ0) is 20.1. The molecule has 0 amide bonds. The third-order valence-electron chi connectivity index (χ3n) is 5.74. The number of esters is 1. The Kier molecular flexibility index (Phi) is 6.55. The highest BCUT2D eigenvalue weighted by Crippen LogP contribution is 2.36. The van der Waals surface area contributed by atoms with Gasteiger partial charge < -0.3 is 4.74 Å². The number of nitrogens with zero attached hydrogens (tertiary/aromatic N) is 3. The number of ether oxygens (including phenoxy) is 1. The first-order valence-corrected chi connectivity index (χ1v) is 10.4. The van der Waals surface area contributed by atoms with Crippen LogP contribution in [-0.2, 0) is 22.5 Å². The van der Waals surface area contributed by atoms with Crippen LogP contribution in [-0.4, -0.2) is 40.3 Å². The highest BCUT2D eigenvalue weighted by molar-refractivity contribution is 5.78. The number of aromatic nitrogens is 2. The Labute approximate surface area is 168 Å². The fraction of sp³-hybridized carbons (Fsp3) is 0.565. The van der Waals surface area contributed by atoms with Gasteiger partial charge in [-0.05, 0) is 64.6 Å². The molecular weight excluding hydrogens is 350 g/mol. The Bertz CT molecular complexity index is 799. The van der Waals surface area contributed by atoms with Crippen LogP contribution in [0.5, 0.6) is 0 Å². The molecule has 28 heavy (non-hydrogen) atoms. The molecule has 2 heterocycles. The van der Waals surface area contributed by atoms with Gasteiger partial charge >= 0.3 is 5.97 Å². The zero-order valence-electron chi connectivity index (χ0n) is 17.6. The second-order valence-electron chi connectivity index (χ2n) is 8.34. The molecule has 1 aromatic heterocycles. The smallest absolute Gasteiger partial charge is 0.313 e. The van der Waals surface area contributed by atoms with Gasteiger partial charge in [0, 0.05) is 30.9 Å². The average molecular weight is 384 g/mol. The molecule has 1 aromatic carbocycles. The van der Waals surface area contributed by atoms with Crippen molar-refractivity contribution < 1.29 is 9.53 Å². The lowest BCUT2D eigenvalue weighted by molar-refractivity contribution is -0.159. The maximum absolute atomic E-state index is 13.1. The fourth-order valence-electron chi connectivity index (χ4n) is 4.20. The van der Waals surface area contributed by atoms with Crippen molar-refractivity contribution in [3.8, 4) is 0 Å². The molecule has 152 valence electrons. The Morgan fingerprint density at radius 2 is 2.11 bits per heavy atom. The molecule has 1 unspecified atom stereocenters. The van der Waals surface area contributed by atoms with E-state index in [9.17, 15) is 4.79 Å². The lowest BCUT2D eigenvalue weighted by atomic mass is 9.74. The van der Waals surface area contributed by atoms with E-state index in [0.29, 0.717) is 12.6 Å². The second-order valence-corrected chi connectivity index (χ2v) is 8.34. The van der Waals surface area contributed by atoms with Crippen LogP contribution in [0.3, 0.4) is 0 Å². The molecule has 1 aliphatic rings. The summed E-state index contributed by atoms with van der Waals surface area (Å²) in [6.07, 6.45) is 6.68. The number of carbonyl (C=O) groups excluding carboxylic acids is 1. The molecule has 1 fully saturated rings. The van der Waals surface area contributed by atoms with Crippen LogP contribution < -0.4 is 0 Å². The predicted octanol–water partition coefficient (Wildman–Crippen LogP) is 4.16. The fourth-order valence-corrected chi connectivity index (χ4v) is 4.20. The minimum absolute atomic E-state index is 0.0548. The third-order valence-corrected chi connectivity index (χ3v) is 5.74. The first kappa shape index (κ1) is 20.6. The van der Waals surface area contributed by atoms with Gasteiger partial charge in [-0.2, -0.15) is 5.10 Å². The van der Waals surface area contributed by atoms with Gasteiger partial charge in [0.15, 0.2) is 0 Å². The van der Waals surface area contributed by atoms with Crippen molar-refractivity contribution in [3.63, 3.8) is 0 Å². The lowest BCUT2D eigenvalue weighted by Crippen LogP contribution is -2.49. The maximum atomic E-state index is 13.1. The molecule has 1 atom stereocenters. The van der Waals surface area contributed by atoms with Crippen LogP contribution in [0.2, 0.25) is 0 Å². The van der Waals surface area contributed by atoms with E-state index in [0.717, 1.165) is 38.9 Å². The summed E-state index contributed by atoms with van der Waals surface area (Å²) in [5, 5.41) is 4.46. The number of likely N-dealkylation sites (tertiary alicyclic amines) is 1. The van der Waals surface area contributed by atoms with Crippen LogP contribution in [0.15, 0.2) is 36.7 Å². The lowest BCUT2D eigenvalue weighted by Gasteiger charge is -2.41. The Morgan fingerprint density at radius 1 is 1.32 bits per heavy atom. The van der Waals surface area contributed by atoms with Gasteiger partial charge in [-0.25, -0.2) is 0 Å². The van der Waals surface area contributed by atoms with E-state index in [1.807, 2.05) is 17.8 Å². The van der Waals surface area contributed by atoms with Crippen molar-refractivity contribution in [1.29, 1.82) is 0 Å². The summed E-state index contributed by atoms with van der Waals surface area (Å²) in [5.74, 6) is -0.0548. The van der Waals surface area contributed by atoms with Crippen molar-refractivity contribution in [2.45, 2.75) is 59.5 Å². The van der Waals surface area contributed by atoms with Crippen molar-refractivity contribution in [2.24, 2.45) is 5.41 Å². The van der Waals surface area contributed by atoms with E-state index in [-0.39, 0.29) is 5.97 Å². The van der Waals surface area contributed by atoms with Crippen LogP contribution in [0.1, 0.15) is 56.3 Å². The van der Waals surface area contributed by atoms with Gasteiger partial charge in [0.2, 0.25) is 0 Å². The molecule has 1 saturated heterocycles. The summed E-state index contributed by atoms with van der Waals surface area (Å²) >= 11 is 0.